The maximum atomic E-state index is 12.7. The van der Waals surface area contributed by atoms with Crippen LogP contribution in [0.5, 0.6) is 0 Å². The molecule has 1 saturated heterocycles. The molecule has 1 aliphatic heterocycles. The van der Waals surface area contributed by atoms with Crippen LogP contribution < -0.4 is 5.73 Å². The smallest absolute Gasteiger partial charge is 0.254 e. The van der Waals surface area contributed by atoms with E-state index in [1.165, 1.54) is 0 Å². The lowest BCUT2D eigenvalue weighted by molar-refractivity contribution is 0.0623. The lowest BCUT2D eigenvalue weighted by Gasteiger charge is -2.35. The fraction of sp³-hybridized carbons (Fsp3) is 0.412. The zero-order valence-corrected chi connectivity index (χ0v) is 12.7. The van der Waals surface area contributed by atoms with Crippen molar-refractivity contribution in [3.8, 4) is 0 Å². The Morgan fingerprint density at radius 2 is 2.09 bits per heavy atom. The average Bonchev–Trinajstić information content (AvgIpc) is 3.08. The number of aromatic nitrogens is 2. The van der Waals surface area contributed by atoms with E-state index in [-0.39, 0.29) is 11.9 Å². The fourth-order valence-corrected chi connectivity index (χ4v) is 3.02. The summed E-state index contributed by atoms with van der Waals surface area (Å²) in [6, 6.07) is 8.03. The van der Waals surface area contributed by atoms with Gasteiger partial charge in [0.05, 0.1) is 6.33 Å². The molecule has 2 aromatic rings. The van der Waals surface area contributed by atoms with E-state index in [1.54, 1.807) is 12.5 Å². The van der Waals surface area contributed by atoms with Crippen LogP contribution in [0.4, 0.5) is 0 Å². The predicted octanol–water partition coefficient (Wildman–Crippen LogP) is 1.88. The third-order valence-electron chi connectivity index (χ3n) is 4.29. The summed E-state index contributed by atoms with van der Waals surface area (Å²) in [5.74, 6) is 0.101. The van der Waals surface area contributed by atoms with Gasteiger partial charge in [-0.25, -0.2) is 4.98 Å². The molecule has 0 saturated carbocycles. The highest BCUT2D eigenvalue weighted by atomic mass is 16.2. The van der Waals surface area contributed by atoms with E-state index in [2.05, 4.69) is 4.98 Å². The van der Waals surface area contributed by atoms with E-state index in [9.17, 15) is 4.79 Å². The Bertz CT molecular complexity index is 606. The molecule has 5 heteroatoms. The number of benzene rings is 1. The van der Waals surface area contributed by atoms with Crippen LogP contribution in [0.15, 0.2) is 43.0 Å². The highest BCUT2D eigenvalue weighted by Gasteiger charge is 2.26. The summed E-state index contributed by atoms with van der Waals surface area (Å²) < 4.78 is 2.01. The van der Waals surface area contributed by atoms with Crippen molar-refractivity contribution in [1.29, 1.82) is 0 Å². The summed E-state index contributed by atoms with van der Waals surface area (Å²) in [6.45, 7) is 2.13. The predicted molar refractivity (Wildman–Crippen MR) is 85.5 cm³/mol. The number of hydrogen-bond donors (Lipinski definition) is 1. The van der Waals surface area contributed by atoms with Gasteiger partial charge >= 0.3 is 0 Å². The summed E-state index contributed by atoms with van der Waals surface area (Å²) >= 11 is 0. The van der Waals surface area contributed by atoms with Crippen molar-refractivity contribution in [2.24, 2.45) is 5.73 Å². The molecule has 0 bridgehead atoms. The van der Waals surface area contributed by atoms with Crippen LogP contribution in [0.25, 0.3) is 0 Å². The minimum atomic E-state index is 0.101. The van der Waals surface area contributed by atoms with Gasteiger partial charge in [-0.05, 0) is 37.0 Å². The number of piperidine rings is 1. The number of likely N-dealkylation sites (tertiary alicyclic amines) is 1. The molecule has 116 valence electrons. The van der Waals surface area contributed by atoms with Gasteiger partial charge in [0.2, 0.25) is 0 Å². The van der Waals surface area contributed by atoms with E-state index in [0.29, 0.717) is 6.54 Å². The number of hydrogen-bond acceptors (Lipinski definition) is 3. The summed E-state index contributed by atoms with van der Waals surface area (Å²) in [4.78, 5) is 18.6. The Labute approximate surface area is 130 Å². The quantitative estimate of drug-likeness (QED) is 0.937. The molecular weight excluding hydrogens is 276 g/mol. The second-order valence-corrected chi connectivity index (χ2v) is 5.82. The first-order valence-electron chi connectivity index (χ1n) is 7.83. The van der Waals surface area contributed by atoms with E-state index in [1.807, 2.05) is 39.9 Å². The maximum Gasteiger partial charge on any atom is 0.254 e. The molecule has 1 amide bonds. The van der Waals surface area contributed by atoms with Gasteiger partial charge in [-0.2, -0.15) is 0 Å². The number of carbonyl (C=O) groups excluding carboxylic acids is 1. The van der Waals surface area contributed by atoms with Crippen molar-refractivity contribution in [3.63, 3.8) is 0 Å². The molecule has 0 unspecified atom stereocenters. The molecule has 1 aromatic carbocycles. The normalized spacial score (nSPS) is 18.4. The zero-order chi connectivity index (χ0) is 15.4. The minimum absolute atomic E-state index is 0.101. The number of nitrogens with two attached hydrogens (primary N) is 1. The molecule has 3 rings (SSSR count). The number of rotatable bonds is 4. The standard InChI is InChI=1S/C17H22N4O/c18-11-16-3-1-2-9-21(16)17(22)15-6-4-14(5-7-15)12-20-10-8-19-13-20/h4-8,10,13,16H,1-3,9,11-12,18H2/t16-/m0/s1. The minimum Gasteiger partial charge on any atom is -0.334 e. The zero-order valence-electron chi connectivity index (χ0n) is 12.7. The van der Waals surface area contributed by atoms with Gasteiger partial charge in [-0.15, -0.1) is 0 Å². The van der Waals surface area contributed by atoms with Crippen LogP contribution in [0.1, 0.15) is 35.2 Å². The Morgan fingerprint density at radius 1 is 1.27 bits per heavy atom. The first-order valence-corrected chi connectivity index (χ1v) is 7.83. The first-order chi connectivity index (χ1) is 10.8. The topological polar surface area (TPSA) is 64.2 Å². The molecule has 0 aliphatic carbocycles. The van der Waals surface area contributed by atoms with Crippen LogP contribution in [0, 0.1) is 0 Å². The summed E-state index contributed by atoms with van der Waals surface area (Å²) in [6.07, 6.45) is 8.73. The summed E-state index contributed by atoms with van der Waals surface area (Å²) in [7, 11) is 0. The highest BCUT2D eigenvalue weighted by molar-refractivity contribution is 5.94. The van der Waals surface area contributed by atoms with Crippen molar-refractivity contribution in [2.75, 3.05) is 13.1 Å². The van der Waals surface area contributed by atoms with Crippen LogP contribution in [0.3, 0.4) is 0 Å². The molecule has 1 fully saturated rings. The van der Waals surface area contributed by atoms with Gasteiger partial charge in [0, 0.05) is 43.6 Å². The van der Waals surface area contributed by atoms with E-state index in [4.69, 9.17) is 5.73 Å². The van der Waals surface area contributed by atoms with E-state index >= 15 is 0 Å². The Hall–Kier alpha value is -2.14. The van der Waals surface area contributed by atoms with E-state index in [0.717, 1.165) is 43.5 Å². The van der Waals surface area contributed by atoms with Gasteiger partial charge in [-0.1, -0.05) is 12.1 Å². The summed E-state index contributed by atoms with van der Waals surface area (Å²) in [5.41, 5.74) is 7.71. The maximum absolute atomic E-state index is 12.7. The van der Waals surface area contributed by atoms with Crippen molar-refractivity contribution in [2.45, 2.75) is 31.8 Å². The van der Waals surface area contributed by atoms with Gasteiger partial charge < -0.3 is 15.2 Å². The number of carbonyl (C=O) groups is 1. The monoisotopic (exact) mass is 298 g/mol. The van der Waals surface area contributed by atoms with Gasteiger partial charge in [-0.3, -0.25) is 4.79 Å². The van der Waals surface area contributed by atoms with Gasteiger partial charge in [0.25, 0.3) is 5.91 Å². The molecule has 22 heavy (non-hydrogen) atoms. The Balaban J connectivity index is 1.70. The molecular formula is C17H22N4O. The van der Waals surface area contributed by atoms with Crippen molar-refractivity contribution in [3.05, 3.63) is 54.1 Å². The van der Waals surface area contributed by atoms with Gasteiger partial charge in [0.1, 0.15) is 0 Å². The molecule has 1 aliphatic rings. The third-order valence-corrected chi connectivity index (χ3v) is 4.29. The Kier molecular flexibility index (Phi) is 4.53. The average molecular weight is 298 g/mol. The molecule has 1 atom stereocenters. The number of amides is 1. The molecule has 2 heterocycles. The third kappa shape index (κ3) is 3.20. The lowest BCUT2D eigenvalue weighted by atomic mass is 10.0. The van der Waals surface area contributed by atoms with Crippen LogP contribution >= 0.6 is 0 Å². The number of nitrogens with zero attached hydrogens (tertiary/aromatic N) is 3. The fourth-order valence-electron chi connectivity index (χ4n) is 3.02. The second-order valence-electron chi connectivity index (χ2n) is 5.82. The molecule has 0 radical (unpaired) electrons. The first kappa shape index (κ1) is 14.8. The molecule has 2 N–H and O–H groups in total. The highest BCUT2D eigenvalue weighted by Crippen LogP contribution is 2.19. The molecule has 5 nitrogen and oxygen atoms in total. The van der Waals surface area contributed by atoms with Crippen molar-refractivity contribution >= 4 is 5.91 Å². The van der Waals surface area contributed by atoms with Gasteiger partial charge in [0.15, 0.2) is 0 Å². The second kappa shape index (κ2) is 6.75. The van der Waals surface area contributed by atoms with Crippen LogP contribution in [-0.4, -0.2) is 39.5 Å². The van der Waals surface area contributed by atoms with Crippen LogP contribution in [-0.2, 0) is 6.54 Å². The van der Waals surface area contributed by atoms with Crippen molar-refractivity contribution in [1.82, 2.24) is 14.5 Å². The lowest BCUT2D eigenvalue weighted by Crippen LogP contribution is -2.47. The SMILES string of the molecule is NC[C@@H]1CCCCN1C(=O)c1ccc(Cn2ccnc2)cc1. The molecule has 0 spiro atoms. The Morgan fingerprint density at radius 3 is 2.77 bits per heavy atom. The largest absolute Gasteiger partial charge is 0.334 e. The van der Waals surface area contributed by atoms with Crippen molar-refractivity contribution < 1.29 is 4.79 Å². The number of imidazole rings is 1. The summed E-state index contributed by atoms with van der Waals surface area (Å²) in [5, 5.41) is 0. The van der Waals surface area contributed by atoms with E-state index < -0.39 is 0 Å². The molecule has 1 aromatic heterocycles. The van der Waals surface area contributed by atoms with Crippen LogP contribution in [0.2, 0.25) is 0 Å².